The molecule has 0 bridgehead atoms. The number of carbonyl (C=O) groups is 1. The number of H-pyrrole nitrogens is 1. The summed E-state index contributed by atoms with van der Waals surface area (Å²) in [5, 5.41) is 2.48. The largest absolute Gasteiger partial charge is 0.339 e. The molecule has 1 aromatic carbocycles. The van der Waals surface area contributed by atoms with E-state index in [4.69, 9.17) is 0 Å². The van der Waals surface area contributed by atoms with Gasteiger partial charge in [0.05, 0.1) is 10.9 Å². The van der Waals surface area contributed by atoms with Crippen molar-refractivity contribution in [3.8, 4) is 0 Å². The fourth-order valence-electron chi connectivity index (χ4n) is 3.50. The molecule has 138 valence electrons. The first-order chi connectivity index (χ1) is 13.1. The van der Waals surface area contributed by atoms with Crippen LogP contribution in [0.1, 0.15) is 23.8 Å². The molecule has 4 rings (SSSR count). The van der Waals surface area contributed by atoms with Crippen molar-refractivity contribution in [2.24, 2.45) is 0 Å². The number of hydrogen-bond acceptors (Lipinski definition) is 4. The second kappa shape index (κ2) is 7.36. The monoisotopic (exact) mass is 381 g/mol. The van der Waals surface area contributed by atoms with Gasteiger partial charge >= 0.3 is 5.69 Å². The number of amides is 1. The van der Waals surface area contributed by atoms with Crippen molar-refractivity contribution in [1.82, 2.24) is 14.5 Å². The van der Waals surface area contributed by atoms with Crippen LogP contribution in [0.3, 0.4) is 0 Å². The van der Waals surface area contributed by atoms with Crippen LogP contribution in [0.15, 0.2) is 57.4 Å². The maximum absolute atomic E-state index is 12.8. The number of likely N-dealkylation sites (tertiary alicyclic amines) is 1. The summed E-state index contributed by atoms with van der Waals surface area (Å²) in [5.74, 6) is -0.0402. The van der Waals surface area contributed by atoms with Crippen molar-refractivity contribution >= 4 is 34.2 Å². The Morgan fingerprint density at radius 3 is 2.63 bits per heavy atom. The number of carbonyl (C=O) groups excluding carboxylic acids is 1. The van der Waals surface area contributed by atoms with Crippen LogP contribution in [0.25, 0.3) is 17.0 Å². The first kappa shape index (κ1) is 17.5. The summed E-state index contributed by atoms with van der Waals surface area (Å²) in [5.41, 5.74) is -0.104. The van der Waals surface area contributed by atoms with Gasteiger partial charge in [0.15, 0.2) is 0 Å². The lowest BCUT2D eigenvalue weighted by Gasteiger charge is -2.31. The van der Waals surface area contributed by atoms with E-state index < -0.39 is 0 Å². The summed E-state index contributed by atoms with van der Waals surface area (Å²) in [6, 6.07) is 10.7. The molecule has 0 radical (unpaired) electrons. The molecule has 1 aliphatic rings. The quantitative estimate of drug-likeness (QED) is 0.709. The van der Waals surface area contributed by atoms with Crippen LogP contribution in [0.4, 0.5) is 0 Å². The number of fused-ring (bicyclic) bond motifs is 1. The Balaban J connectivity index is 1.50. The van der Waals surface area contributed by atoms with Gasteiger partial charge in [-0.15, -0.1) is 11.3 Å². The minimum atomic E-state index is -0.388. The molecule has 0 atom stereocenters. The van der Waals surface area contributed by atoms with Gasteiger partial charge < -0.3 is 9.88 Å². The molecule has 1 fully saturated rings. The molecule has 3 aromatic rings. The van der Waals surface area contributed by atoms with Crippen LogP contribution in [0, 0.1) is 0 Å². The number of aromatic amines is 1. The van der Waals surface area contributed by atoms with Crippen LogP contribution in [-0.2, 0) is 4.79 Å². The number of rotatable bonds is 3. The first-order valence-electron chi connectivity index (χ1n) is 8.87. The molecule has 1 N–H and O–H groups in total. The highest BCUT2D eigenvalue weighted by Gasteiger charge is 2.25. The SMILES string of the molecule is O=C(/C=C/c1cccs1)N1CCC(n2c(=O)[nH]c3ccccc3c2=O)CC1. The van der Waals surface area contributed by atoms with Crippen molar-refractivity contribution in [2.45, 2.75) is 18.9 Å². The van der Waals surface area contributed by atoms with Gasteiger partial charge in [-0.25, -0.2) is 4.79 Å². The smallest absolute Gasteiger partial charge is 0.329 e. The van der Waals surface area contributed by atoms with E-state index in [0.717, 1.165) is 4.88 Å². The Kier molecular flexibility index (Phi) is 4.77. The van der Waals surface area contributed by atoms with Crippen molar-refractivity contribution in [2.75, 3.05) is 13.1 Å². The highest BCUT2D eigenvalue weighted by molar-refractivity contribution is 7.10. The second-order valence-corrected chi connectivity index (χ2v) is 7.54. The zero-order valence-corrected chi connectivity index (χ0v) is 15.4. The molecule has 0 unspecified atom stereocenters. The van der Waals surface area contributed by atoms with E-state index in [0.29, 0.717) is 36.8 Å². The molecule has 2 aromatic heterocycles. The highest BCUT2D eigenvalue weighted by Crippen LogP contribution is 2.21. The van der Waals surface area contributed by atoms with Crippen LogP contribution in [-0.4, -0.2) is 33.4 Å². The standard InChI is InChI=1S/C20H19N3O3S/c24-18(8-7-15-4-3-13-27-15)22-11-9-14(10-12-22)23-19(25)16-5-1-2-6-17(16)21-20(23)26/h1-8,13-14H,9-12H2,(H,21,26)/b8-7+. The fraction of sp³-hybridized carbons (Fsp3) is 0.250. The number of benzene rings is 1. The molecule has 1 amide bonds. The summed E-state index contributed by atoms with van der Waals surface area (Å²) in [6.07, 6.45) is 4.57. The van der Waals surface area contributed by atoms with Crippen molar-refractivity contribution < 1.29 is 4.79 Å². The number of nitrogens with one attached hydrogen (secondary N) is 1. The summed E-state index contributed by atoms with van der Waals surface area (Å²) in [7, 11) is 0. The normalized spacial score (nSPS) is 15.6. The molecule has 0 spiro atoms. The molecule has 7 heteroatoms. The van der Waals surface area contributed by atoms with Crippen molar-refractivity contribution in [3.05, 3.63) is 73.6 Å². The Bertz CT molecular complexity index is 1100. The number of hydrogen-bond donors (Lipinski definition) is 1. The molecule has 27 heavy (non-hydrogen) atoms. The molecule has 0 saturated carbocycles. The van der Waals surface area contributed by atoms with Crippen LogP contribution in [0.5, 0.6) is 0 Å². The lowest BCUT2D eigenvalue weighted by Crippen LogP contribution is -2.44. The molecule has 1 saturated heterocycles. The first-order valence-corrected chi connectivity index (χ1v) is 9.75. The summed E-state index contributed by atoms with van der Waals surface area (Å²) in [6.45, 7) is 1.05. The van der Waals surface area contributed by atoms with E-state index in [1.807, 2.05) is 23.6 Å². The number of thiophene rings is 1. The van der Waals surface area contributed by atoms with Gasteiger partial charge in [-0.05, 0) is 42.5 Å². The average molecular weight is 381 g/mol. The van der Waals surface area contributed by atoms with E-state index in [1.165, 1.54) is 4.57 Å². The Morgan fingerprint density at radius 2 is 1.89 bits per heavy atom. The molecule has 6 nitrogen and oxygen atoms in total. The van der Waals surface area contributed by atoms with Gasteiger partial charge in [0.25, 0.3) is 5.56 Å². The molecular formula is C20H19N3O3S. The molecule has 0 aliphatic carbocycles. The van der Waals surface area contributed by atoms with Gasteiger partial charge in [-0.3, -0.25) is 14.2 Å². The lowest BCUT2D eigenvalue weighted by atomic mass is 10.0. The average Bonchev–Trinajstić information content (AvgIpc) is 3.20. The third-order valence-corrected chi connectivity index (χ3v) is 5.75. The minimum Gasteiger partial charge on any atom is -0.339 e. The lowest BCUT2D eigenvalue weighted by molar-refractivity contribution is -0.127. The molecule has 3 heterocycles. The van der Waals surface area contributed by atoms with Crippen LogP contribution >= 0.6 is 11.3 Å². The predicted molar refractivity (Wildman–Crippen MR) is 107 cm³/mol. The second-order valence-electron chi connectivity index (χ2n) is 6.56. The molecule has 1 aliphatic heterocycles. The van der Waals surface area contributed by atoms with Gasteiger partial charge in [0.1, 0.15) is 0 Å². The Morgan fingerprint density at radius 1 is 1.11 bits per heavy atom. The number of aromatic nitrogens is 2. The van der Waals surface area contributed by atoms with Crippen molar-refractivity contribution in [3.63, 3.8) is 0 Å². The van der Waals surface area contributed by atoms with Crippen LogP contribution < -0.4 is 11.2 Å². The zero-order chi connectivity index (χ0) is 18.8. The maximum Gasteiger partial charge on any atom is 0.329 e. The highest BCUT2D eigenvalue weighted by atomic mass is 32.1. The van der Waals surface area contributed by atoms with Gasteiger partial charge in [0, 0.05) is 30.1 Å². The van der Waals surface area contributed by atoms with E-state index in [9.17, 15) is 14.4 Å². The molecular weight excluding hydrogens is 362 g/mol. The number of piperidine rings is 1. The summed E-state index contributed by atoms with van der Waals surface area (Å²) in [4.78, 5) is 43.1. The number of para-hydroxylation sites is 1. The van der Waals surface area contributed by atoms with Gasteiger partial charge in [0.2, 0.25) is 5.91 Å². The Labute approximate surface area is 159 Å². The maximum atomic E-state index is 12.8. The van der Waals surface area contributed by atoms with E-state index in [-0.39, 0.29) is 23.2 Å². The Hall–Kier alpha value is -2.93. The van der Waals surface area contributed by atoms with E-state index in [1.54, 1.807) is 46.6 Å². The van der Waals surface area contributed by atoms with Gasteiger partial charge in [-0.1, -0.05) is 18.2 Å². The minimum absolute atomic E-state index is 0.0402. The predicted octanol–water partition coefficient (Wildman–Crippen LogP) is 2.63. The summed E-state index contributed by atoms with van der Waals surface area (Å²) >= 11 is 1.58. The third-order valence-electron chi connectivity index (χ3n) is 4.91. The van der Waals surface area contributed by atoms with E-state index >= 15 is 0 Å². The zero-order valence-electron chi connectivity index (χ0n) is 14.6. The van der Waals surface area contributed by atoms with E-state index in [2.05, 4.69) is 4.98 Å². The number of nitrogens with zero attached hydrogens (tertiary/aromatic N) is 2. The van der Waals surface area contributed by atoms with Gasteiger partial charge in [-0.2, -0.15) is 0 Å². The fourth-order valence-corrected chi connectivity index (χ4v) is 4.12. The van der Waals surface area contributed by atoms with Crippen LogP contribution in [0.2, 0.25) is 0 Å². The topological polar surface area (TPSA) is 75.2 Å². The van der Waals surface area contributed by atoms with Crippen molar-refractivity contribution in [1.29, 1.82) is 0 Å². The third kappa shape index (κ3) is 3.50. The summed E-state index contributed by atoms with van der Waals surface area (Å²) < 4.78 is 1.31.